The van der Waals surface area contributed by atoms with Crippen molar-refractivity contribution in [2.24, 2.45) is 0 Å². The van der Waals surface area contributed by atoms with E-state index >= 15 is 0 Å². The second-order valence-electron chi connectivity index (χ2n) is 4.84. The summed E-state index contributed by atoms with van der Waals surface area (Å²) in [7, 11) is 0. The van der Waals surface area contributed by atoms with Crippen molar-refractivity contribution in [1.29, 1.82) is 0 Å². The van der Waals surface area contributed by atoms with E-state index in [0.29, 0.717) is 6.54 Å². The highest BCUT2D eigenvalue weighted by molar-refractivity contribution is 5.91. The summed E-state index contributed by atoms with van der Waals surface area (Å²) in [4.78, 5) is 11.1. The quantitative estimate of drug-likeness (QED) is 0.434. The van der Waals surface area contributed by atoms with Crippen molar-refractivity contribution in [3.05, 3.63) is 53.4 Å². The molecule has 0 spiro atoms. The summed E-state index contributed by atoms with van der Waals surface area (Å²) in [5, 5.41) is 16.3. The third kappa shape index (κ3) is 3.95. The fraction of sp³-hybridized carbons (Fsp3) is 0.250. The first-order valence-electron chi connectivity index (χ1n) is 7.12. The van der Waals surface area contributed by atoms with Crippen molar-refractivity contribution < 1.29 is 10.0 Å². The highest BCUT2D eigenvalue weighted by Gasteiger charge is 2.05. The Morgan fingerprint density at radius 2 is 2.18 bits per heavy atom. The average molecular weight is 300 g/mol. The highest BCUT2D eigenvalue weighted by atomic mass is 16.5. The summed E-state index contributed by atoms with van der Waals surface area (Å²) in [6, 6.07) is 9.70. The molecule has 0 bridgehead atoms. The lowest BCUT2D eigenvalue weighted by Crippen LogP contribution is -2.14. The van der Waals surface area contributed by atoms with Gasteiger partial charge in [-0.05, 0) is 37.6 Å². The number of hydroxylamine groups is 1. The van der Waals surface area contributed by atoms with Crippen LogP contribution in [0.15, 0.2) is 36.4 Å². The van der Waals surface area contributed by atoms with Gasteiger partial charge in [-0.25, -0.2) is 5.48 Å². The molecule has 2 aromatic rings. The van der Waals surface area contributed by atoms with Gasteiger partial charge in [0, 0.05) is 18.3 Å². The molecule has 2 rings (SSSR count). The number of benzene rings is 1. The molecule has 1 aromatic heterocycles. The maximum Gasteiger partial charge on any atom is 0.267 e. The molecule has 3 N–H and O–H groups in total. The molecule has 22 heavy (non-hydrogen) atoms. The van der Waals surface area contributed by atoms with Gasteiger partial charge >= 0.3 is 0 Å². The third-order valence-electron chi connectivity index (χ3n) is 3.23. The number of nitrogens with one attached hydrogen (secondary N) is 2. The summed E-state index contributed by atoms with van der Waals surface area (Å²) in [6.07, 6.45) is 2.93. The lowest BCUT2D eigenvalue weighted by atomic mass is 10.1. The van der Waals surface area contributed by atoms with Gasteiger partial charge in [0.25, 0.3) is 5.91 Å². The zero-order chi connectivity index (χ0) is 15.9. The molecule has 0 saturated carbocycles. The normalized spacial score (nSPS) is 10.9. The summed E-state index contributed by atoms with van der Waals surface area (Å²) in [5.74, 6) is -0.561. The molecular formula is C16H20N4O2. The molecule has 0 fully saturated rings. The monoisotopic (exact) mass is 300 g/mol. The second-order valence-corrected chi connectivity index (χ2v) is 4.84. The van der Waals surface area contributed by atoms with E-state index in [-0.39, 0.29) is 0 Å². The number of carbonyl (C=O) groups excluding carboxylic acids is 1. The van der Waals surface area contributed by atoms with Crippen LogP contribution in [0.1, 0.15) is 23.9 Å². The Balaban J connectivity index is 2.12. The molecule has 0 atom stereocenters. The van der Waals surface area contributed by atoms with Gasteiger partial charge in [0.2, 0.25) is 0 Å². The van der Waals surface area contributed by atoms with Crippen LogP contribution in [0.5, 0.6) is 0 Å². The van der Waals surface area contributed by atoms with Gasteiger partial charge in [0.1, 0.15) is 0 Å². The minimum Gasteiger partial charge on any atom is -0.379 e. The first-order chi connectivity index (χ1) is 10.6. The fourth-order valence-corrected chi connectivity index (χ4v) is 2.21. The second kappa shape index (κ2) is 7.42. The molecule has 0 unspecified atom stereocenters. The molecule has 0 aliphatic carbocycles. The molecule has 0 radical (unpaired) electrons. The zero-order valence-electron chi connectivity index (χ0n) is 12.7. The number of carbonyl (C=O) groups is 1. The van der Waals surface area contributed by atoms with Gasteiger partial charge in [-0.15, -0.1) is 0 Å². The third-order valence-corrected chi connectivity index (χ3v) is 3.23. The molecule has 0 saturated heterocycles. The van der Waals surface area contributed by atoms with Crippen LogP contribution in [0.4, 0.5) is 5.69 Å². The van der Waals surface area contributed by atoms with E-state index in [9.17, 15) is 4.79 Å². The predicted molar refractivity (Wildman–Crippen MR) is 85.4 cm³/mol. The number of hydrogen-bond donors (Lipinski definition) is 3. The topological polar surface area (TPSA) is 79.2 Å². The van der Waals surface area contributed by atoms with Gasteiger partial charge < -0.3 is 5.32 Å². The Bertz CT molecular complexity index is 677. The number of anilines is 1. The summed E-state index contributed by atoms with van der Waals surface area (Å²) < 4.78 is 1.96. The molecule has 6 heteroatoms. The van der Waals surface area contributed by atoms with Crippen molar-refractivity contribution in [3.63, 3.8) is 0 Å². The van der Waals surface area contributed by atoms with Crippen molar-refractivity contribution in [2.45, 2.75) is 26.9 Å². The molecular weight excluding hydrogens is 280 g/mol. The van der Waals surface area contributed by atoms with Crippen LogP contribution < -0.4 is 10.8 Å². The smallest absolute Gasteiger partial charge is 0.267 e. The fourth-order valence-electron chi connectivity index (χ4n) is 2.21. The lowest BCUT2D eigenvalue weighted by molar-refractivity contribution is -0.124. The number of para-hydroxylation sites is 1. The first kappa shape index (κ1) is 15.8. The average Bonchev–Trinajstić information content (AvgIpc) is 2.91. The Labute approximate surface area is 129 Å². The van der Waals surface area contributed by atoms with Crippen molar-refractivity contribution in [2.75, 3.05) is 5.32 Å². The number of hydrogen-bond acceptors (Lipinski definition) is 4. The lowest BCUT2D eigenvalue weighted by Gasteiger charge is -2.10. The van der Waals surface area contributed by atoms with Crippen LogP contribution in [-0.4, -0.2) is 20.9 Å². The van der Waals surface area contributed by atoms with Crippen LogP contribution >= 0.6 is 0 Å². The van der Waals surface area contributed by atoms with Crippen molar-refractivity contribution in [3.8, 4) is 0 Å². The molecule has 116 valence electrons. The Morgan fingerprint density at radius 1 is 1.41 bits per heavy atom. The summed E-state index contributed by atoms with van der Waals surface area (Å²) >= 11 is 0. The minimum absolute atomic E-state index is 0.561. The van der Waals surface area contributed by atoms with Crippen molar-refractivity contribution >= 4 is 17.7 Å². The Hall–Kier alpha value is -2.60. The molecule has 0 aliphatic heterocycles. The van der Waals surface area contributed by atoms with Crippen LogP contribution in [-0.2, 0) is 17.9 Å². The molecule has 1 aromatic carbocycles. The van der Waals surface area contributed by atoms with Gasteiger partial charge in [0.15, 0.2) is 0 Å². The minimum atomic E-state index is -0.561. The number of amides is 1. The van der Waals surface area contributed by atoms with Gasteiger partial charge in [-0.3, -0.25) is 14.7 Å². The van der Waals surface area contributed by atoms with E-state index < -0.39 is 5.91 Å². The number of aryl methyl sites for hydroxylation is 2. The van der Waals surface area contributed by atoms with Gasteiger partial charge in [-0.2, -0.15) is 5.10 Å². The maximum absolute atomic E-state index is 11.1. The summed E-state index contributed by atoms with van der Waals surface area (Å²) in [6.45, 7) is 5.49. The predicted octanol–water partition coefficient (Wildman–Crippen LogP) is 2.34. The van der Waals surface area contributed by atoms with Crippen molar-refractivity contribution in [1.82, 2.24) is 15.3 Å². The number of rotatable bonds is 6. The van der Waals surface area contributed by atoms with E-state index in [1.807, 2.05) is 41.9 Å². The molecule has 0 aliphatic rings. The molecule has 6 nitrogen and oxygen atoms in total. The largest absolute Gasteiger partial charge is 0.379 e. The standard InChI is InChI=1S/C16H20N4O2/c1-3-20-14(10-12(2)18-20)11-17-15-7-5-4-6-13(15)8-9-16(21)19-22/h4-10,17,22H,3,11H2,1-2H3,(H,19,21)/b9-8+. The van der Waals surface area contributed by atoms with Crippen LogP contribution in [0.3, 0.4) is 0 Å². The van der Waals surface area contributed by atoms with E-state index in [4.69, 9.17) is 5.21 Å². The summed E-state index contributed by atoms with van der Waals surface area (Å²) in [5.41, 5.74) is 5.44. The van der Waals surface area contributed by atoms with Gasteiger partial charge in [-0.1, -0.05) is 18.2 Å². The van der Waals surface area contributed by atoms with Crippen LogP contribution in [0.2, 0.25) is 0 Å². The maximum atomic E-state index is 11.1. The highest BCUT2D eigenvalue weighted by Crippen LogP contribution is 2.18. The number of nitrogens with zero attached hydrogens (tertiary/aromatic N) is 2. The van der Waals surface area contributed by atoms with E-state index in [1.165, 1.54) is 6.08 Å². The SMILES string of the molecule is CCn1nc(C)cc1CNc1ccccc1/C=C/C(=O)NO. The van der Waals surface area contributed by atoms with E-state index in [0.717, 1.165) is 29.2 Å². The Kier molecular flexibility index (Phi) is 5.32. The molecule has 1 heterocycles. The Morgan fingerprint density at radius 3 is 2.91 bits per heavy atom. The molecule has 1 amide bonds. The number of aromatic nitrogens is 2. The first-order valence-corrected chi connectivity index (χ1v) is 7.12. The zero-order valence-corrected chi connectivity index (χ0v) is 12.7. The van der Waals surface area contributed by atoms with E-state index in [1.54, 1.807) is 11.6 Å². The van der Waals surface area contributed by atoms with Crippen LogP contribution in [0.25, 0.3) is 6.08 Å². The van der Waals surface area contributed by atoms with E-state index in [2.05, 4.69) is 17.3 Å². The van der Waals surface area contributed by atoms with Gasteiger partial charge in [0.05, 0.1) is 17.9 Å². The van der Waals surface area contributed by atoms with Crippen LogP contribution in [0, 0.1) is 6.92 Å².